The molecule has 3 saturated heterocycles. The molecule has 3 atom stereocenters. The number of piperazine rings is 3. The fraction of sp³-hybridized carbons (Fsp3) is 0.615. The minimum atomic E-state index is -0.668. The van der Waals surface area contributed by atoms with Crippen LogP contribution in [0.3, 0.4) is 0 Å². The zero-order valence-electron chi connectivity index (χ0n) is 77.0. The monoisotopic (exact) mass is 1740 g/mol. The first-order valence-electron chi connectivity index (χ1n) is 42.7. The first-order valence-corrected chi connectivity index (χ1v) is 43.1. The number of allylic oxidation sites excluding steroid dienone is 6. The Morgan fingerprint density at radius 3 is 1.10 bits per heavy atom. The van der Waals surface area contributed by atoms with Crippen molar-refractivity contribution >= 4 is 76.8 Å². The molecule has 0 radical (unpaired) electrons. The number of benzene rings is 3. The minimum Gasteiger partial charge on any atom is -0.493 e. The fourth-order valence-corrected chi connectivity index (χ4v) is 12.7. The molecule has 123 heavy (non-hydrogen) atoms. The zero-order valence-corrected chi connectivity index (χ0v) is 77.7. The Bertz CT molecular complexity index is 3910. The van der Waals surface area contributed by atoms with Crippen molar-refractivity contribution in [2.24, 2.45) is 17.8 Å². The van der Waals surface area contributed by atoms with Gasteiger partial charge in [0.15, 0.2) is 34.5 Å². The summed E-state index contributed by atoms with van der Waals surface area (Å²) in [5.41, 5.74) is 1.21. The van der Waals surface area contributed by atoms with Gasteiger partial charge in [-0.2, -0.15) is 0 Å². The Hall–Kier alpha value is -10.1. The summed E-state index contributed by atoms with van der Waals surface area (Å²) in [6.07, 6.45) is 20.3. The van der Waals surface area contributed by atoms with E-state index in [1.54, 1.807) is 109 Å². The van der Waals surface area contributed by atoms with Crippen molar-refractivity contribution in [3.63, 3.8) is 0 Å². The van der Waals surface area contributed by atoms with Crippen molar-refractivity contribution in [1.29, 1.82) is 0 Å². The van der Waals surface area contributed by atoms with Gasteiger partial charge in [-0.25, -0.2) is 24.0 Å². The van der Waals surface area contributed by atoms with Gasteiger partial charge in [-0.05, 0) is 189 Å². The molecule has 31 nitrogen and oxygen atoms in total. The van der Waals surface area contributed by atoms with E-state index in [1.165, 1.54) is 56.8 Å². The van der Waals surface area contributed by atoms with Crippen LogP contribution in [0, 0.1) is 17.8 Å². The van der Waals surface area contributed by atoms with E-state index in [0.717, 1.165) is 74.5 Å². The lowest BCUT2D eigenvalue weighted by atomic mass is 10.1. The first-order chi connectivity index (χ1) is 58.1. The molecule has 688 valence electrons. The van der Waals surface area contributed by atoms with Crippen molar-refractivity contribution in [3.8, 4) is 34.5 Å². The van der Waals surface area contributed by atoms with Gasteiger partial charge >= 0.3 is 30.5 Å². The Labute approximate surface area is 735 Å². The molecule has 0 aromatic heterocycles. The van der Waals surface area contributed by atoms with Crippen LogP contribution in [-0.4, -0.2) is 250 Å². The van der Waals surface area contributed by atoms with Crippen LogP contribution in [0.25, 0.3) is 0 Å². The average molecular weight is 1740 g/mol. The van der Waals surface area contributed by atoms with Crippen LogP contribution in [-0.2, 0) is 57.9 Å². The van der Waals surface area contributed by atoms with E-state index in [-0.39, 0.29) is 78.0 Å². The number of carbonyl (C=O) groups excluding carboxylic acids is 11. The number of amides is 10. The highest BCUT2D eigenvalue weighted by atomic mass is 35.5. The van der Waals surface area contributed by atoms with E-state index >= 15 is 0 Å². The summed E-state index contributed by atoms with van der Waals surface area (Å²) in [6.45, 7) is 33.7. The van der Waals surface area contributed by atoms with Crippen LogP contribution in [0.15, 0.2) is 91.1 Å². The van der Waals surface area contributed by atoms with Gasteiger partial charge in [-0.15, -0.1) is 0 Å². The SMILES string of the molecule is CC(=O)Cl.CNCC1CN(C(C)=O)CCN1C(=O)Oc1ccc(CNC(=O)CCCC/C=C/C(C)C)cc1OC.COc1cc(CNC(=O)CCCC/C=C/C(C)C)ccc1OC(=O)N1CCN(C(C)=O)CC1CN(C)C(=O)OC(C)(C)C.COc1cc(CNC(=O)CCCC/C=C/C(C)C)ccc1OC(=O)N1CCNCC1CN(C)C(=O)OC(C)(C)C. The van der Waals surface area contributed by atoms with Gasteiger partial charge in [0.1, 0.15) is 11.2 Å². The quantitative estimate of drug-likeness (QED) is 0.0205. The predicted molar refractivity (Wildman–Crippen MR) is 477 cm³/mol. The van der Waals surface area contributed by atoms with E-state index in [2.05, 4.69) is 116 Å². The Balaban J connectivity index is 0.000000467. The van der Waals surface area contributed by atoms with Gasteiger partial charge in [0.2, 0.25) is 34.8 Å². The minimum absolute atomic E-state index is 0.00316. The number of nitrogens with one attached hydrogen (secondary N) is 5. The van der Waals surface area contributed by atoms with Gasteiger partial charge in [-0.3, -0.25) is 33.7 Å². The van der Waals surface area contributed by atoms with Crippen molar-refractivity contribution < 1.29 is 90.6 Å². The van der Waals surface area contributed by atoms with Crippen LogP contribution in [0.4, 0.5) is 24.0 Å². The summed E-state index contributed by atoms with van der Waals surface area (Å²) in [5, 5.41) is 14.8. The van der Waals surface area contributed by atoms with E-state index in [4.69, 9.17) is 37.9 Å². The zero-order chi connectivity index (χ0) is 91.9. The number of likely N-dealkylation sites (N-methyl/N-ethyl adjacent to an activating group) is 3. The van der Waals surface area contributed by atoms with Crippen LogP contribution >= 0.6 is 11.6 Å². The third-order valence-electron chi connectivity index (χ3n) is 19.1. The number of hydrogen-bond donors (Lipinski definition) is 5. The number of ether oxygens (including phenoxy) is 8. The highest BCUT2D eigenvalue weighted by Gasteiger charge is 2.38. The molecule has 0 aliphatic carbocycles. The molecule has 3 aromatic rings. The number of unbranched alkanes of at least 4 members (excludes halogenated alkanes) is 6. The number of rotatable bonds is 36. The van der Waals surface area contributed by atoms with Gasteiger partial charge < -0.3 is 93.9 Å². The highest BCUT2D eigenvalue weighted by Crippen LogP contribution is 2.33. The Morgan fingerprint density at radius 1 is 0.472 bits per heavy atom. The molecule has 3 aliphatic heterocycles. The number of methoxy groups -OCH3 is 3. The average Bonchev–Trinajstić information content (AvgIpc) is 0.819. The number of carbonyl (C=O) groups is 11. The number of nitrogens with zero attached hydrogens (tertiary/aromatic N) is 7. The maximum atomic E-state index is 13.4. The summed E-state index contributed by atoms with van der Waals surface area (Å²) in [4.78, 5) is 145. The van der Waals surface area contributed by atoms with Gasteiger partial charge in [0.25, 0.3) is 0 Å². The molecule has 0 bridgehead atoms. The summed E-state index contributed by atoms with van der Waals surface area (Å²) >= 11 is 4.64. The number of hydrogen-bond acceptors (Lipinski definition) is 21. The second kappa shape index (κ2) is 56.6. The summed E-state index contributed by atoms with van der Waals surface area (Å²) in [5.74, 6) is 3.50. The van der Waals surface area contributed by atoms with Crippen LogP contribution in [0.1, 0.15) is 198 Å². The molecule has 3 aliphatic rings. The molecule has 5 N–H and O–H groups in total. The van der Waals surface area contributed by atoms with Gasteiger partial charge in [-0.1, -0.05) is 96.2 Å². The van der Waals surface area contributed by atoms with Gasteiger partial charge in [0, 0.05) is 152 Å². The molecule has 10 amide bonds. The van der Waals surface area contributed by atoms with Crippen LogP contribution < -0.4 is 55.0 Å². The predicted octanol–water partition coefficient (Wildman–Crippen LogP) is 13.8. The molecule has 3 aromatic carbocycles. The number of halogens is 1. The summed E-state index contributed by atoms with van der Waals surface area (Å²) < 4.78 is 44.4. The Kier molecular flexibility index (Phi) is 49.2. The normalized spacial score (nSPS) is 15.4. The Morgan fingerprint density at radius 2 is 0.789 bits per heavy atom. The molecular weight excluding hydrogens is 1600 g/mol. The molecule has 32 heteroatoms. The summed E-state index contributed by atoms with van der Waals surface area (Å²) in [7, 11) is 9.55. The van der Waals surface area contributed by atoms with Crippen molar-refractivity contribution in [3.05, 3.63) is 108 Å². The second-order valence-corrected chi connectivity index (χ2v) is 34.1. The smallest absolute Gasteiger partial charge is 0.415 e. The molecule has 0 spiro atoms. The maximum Gasteiger partial charge on any atom is 0.415 e. The standard InChI is InChI=1S/C32H50N4O7.C30H48N4O6.C27H42N4O5.C2H3ClO/c1-23(2)13-11-9-10-12-14-29(38)33-20-25-15-16-27(28(19-25)41-8)42-31(40)36-18-17-35(24(3)37)22-26(36)21-34(7)30(39)43-32(4,5)6;1-22(2)12-10-8-9-11-13-27(35)32-19-23-14-15-25(26(18-23)38-7)39-29(37)34-17-16-31-20-24(34)21-33(6)28(36)40-30(3,4)5;1-20(2)10-8-6-7-9-11-26(33)29-17-22-12-13-24(25(16-22)35-5)36-27(34)31-15-14-30(21(3)32)19-23(31)18-28-4;1-2(3)4/h11,13,15-16,19,23,26H,9-10,12,14,17-18,20-22H2,1-8H3,(H,33,38);10,12,14-15,18,22,24,31H,8-9,11,13,16-17,19-21H2,1-7H3,(H,32,35);8,10,12-13,16,20,23,28H,6-7,9,11,14-15,17-19H2,1-5H3,(H,29,33);1H3/b13-11+;12-10+;10-8+;. The van der Waals surface area contributed by atoms with E-state index in [1.807, 2.05) is 27.8 Å². The topological polar surface area (TPSA) is 344 Å². The summed E-state index contributed by atoms with van der Waals surface area (Å²) in [6, 6.07) is 14.6. The maximum absolute atomic E-state index is 13.4. The highest BCUT2D eigenvalue weighted by molar-refractivity contribution is 6.62. The van der Waals surface area contributed by atoms with Crippen LogP contribution in [0.5, 0.6) is 34.5 Å². The lowest BCUT2D eigenvalue weighted by Crippen LogP contribution is -2.60. The lowest BCUT2D eigenvalue weighted by Gasteiger charge is -2.41. The van der Waals surface area contributed by atoms with Gasteiger partial charge in [0.05, 0.1) is 39.5 Å². The third-order valence-corrected chi connectivity index (χ3v) is 19.1. The molecule has 3 fully saturated rings. The van der Waals surface area contributed by atoms with Crippen molar-refractivity contribution in [2.75, 3.05) is 121 Å². The lowest BCUT2D eigenvalue weighted by molar-refractivity contribution is -0.132. The van der Waals surface area contributed by atoms with Crippen molar-refractivity contribution in [2.45, 2.75) is 230 Å². The fourth-order valence-electron chi connectivity index (χ4n) is 12.7. The van der Waals surface area contributed by atoms with E-state index in [9.17, 15) is 52.7 Å². The van der Waals surface area contributed by atoms with Crippen LogP contribution in [0.2, 0.25) is 0 Å². The molecular formula is C91H143ClN12O19. The van der Waals surface area contributed by atoms with Crippen molar-refractivity contribution in [1.82, 2.24) is 60.9 Å². The van der Waals surface area contributed by atoms with E-state index in [0.29, 0.717) is 139 Å². The van der Waals surface area contributed by atoms with E-state index < -0.39 is 47.7 Å². The third kappa shape index (κ3) is 44.2. The largest absolute Gasteiger partial charge is 0.493 e. The molecule has 0 saturated carbocycles. The first kappa shape index (κ1) is 107. The second-order valence-electron chi connectivity index (χ2n) is 33.6. The molecule has 3 heterocycles. The molecule has 3 unspecified atom stereocenters. The molecule has 6 rings (SSSR count).